The molecule has 9 rings (SSSR count). The zero-order chi connectivity index (χ0) is 32.9. The van der Waals surface area contributed by atoms with Crippen LogP contribution in [0.1, 0.15) is 5.56 Å². The van der Waals surface area contributed by atoms with Crippen LogP contribution >= 0.6 is 11.3 Å². The van der Waals surface area contributed by atoms with Crippen LogP contribution < -0.4 is 0 Å². The molecule has 0 N–H and O–H groups in total. The molecule has 0 bridgehead atoms. The maximum atomic E-state index is 9.45. The number of hydrogen-bond donors (Lipinski definition) is 0. The molecule has 9 aromatic rings. The van der Waals surface area contributed by atoms with E-state index < -0.39 is 0 Å². The van der Waals surface area contributed by atoms with E-state index in [9.17, 15) is 5.26 Å². The Balaban J connectivity index is 1.27. The van der Waals surface area contributed by atoms with Crippen molar-refractivity contribution >= 4 is 58.7 Å². The lowest BCUT2D eigenvalue weighted by Gasteiger charge is -2.13. The van der Waals surface area contributed by atoms with Crippen molar-refractivity contribution in [2.45, 2.75) is 0 Å². The molecule has 0 unspecified atom stereocenters. The monoisotopic (exact) mass is 640 g/mol. The first kappa shape index (κ1) is 28.6. The zero-order valence-corrected chi connectivity index (χ0v) is 26.9. The smallest absolute Gasteiger partial charge is 0.205 e. The highest BCUT2D eigenvalue weighted by Gasteiger charge is 2.18. The van der Waals surface area contributed by atoms with Gasteiger partial charge in [0.15, 0.2) is 0 Å². The highest BCUT2D eigenvalue weighted by Crippen LogP contribution is 2.47. The van der Waals surface area contributed by atoms with Crippen LogP contribution in [0.5, 0.6) is 0 Å². The third-order valence-corrected chi connectivity index (χ3v) is 10.3. The van der Waals surface area contributed by atoms with Crippen molar-refractivity contribution < 1.29 is 0 Å². The van der Waals surface area contributed by atoms with Crippen molar-refractivity contribution in [3.05, 3.63) is 163 Å². The van der Waals surface area contributed by atoms with Crippen LogP contribution in [0.25, 0.3) is 91.1 Å². The molecule has 0 amide bonds. The molecule has 0 saturated carbocycles. The summed E-state index contributed by atoms with van der Waals surface area (Å²) in [6, 6.07) is 45.1. The molecule has 0 aliphatic rings. The topological polar surface area (TPSA) is 53.9 Å². The first-order chi connectivity index (χ1) is 24.2. The molecule has 0 fully saturated rings. The summed E-state index contributed by atoms with van der Waals surface area (Å²) in [4.78, 5) is 12.2. The van der Waals surface area contributed by atoms with Crippen molar-refractivity contribution in [1.82, 2.24) is 9.97 Å². The van der Waals surface area contributed by atoms with E-state index >= 15 is 0 Å². The maximum Gasteiger partial charge on any atom is 0.205 e. The Morgan fingerprint density at radius 2 is 1.02 bits per heavy atom. The lowest BCUT2D eigenvalue weighted by Crippen LogP contribution is -1.87. The van der Waals surface area contributed by atoms with Gasteiger partial charge in [0.25, 0.3) is 0 Å². The third-order valence-electron chi connectivity index (χ3n) is 9.22. The summed E-state index contributed by atoms with van der Waals surface area (Å²) in [5, 5.41) is 16.9. The Morgan fingerprint density at radius 1 is 0.510 bits per heavy atom. The van der Waals surface area contributed by atoms with Gasteiger partial charge in [-0.25, -0.2) is 4.85 Å². The molecule has 3 heterocycles. The fourth-order valence-corrected chi connectivity index (χ4v) is 8.23. The van der Waals surface area contributed by atoms with Gasteiger partial charge in [-0.3, -0.25) is 9.97 Å². The number of fused-ring (bicyclic) bond motifs is 7. The molecular formula is C44H24N4S. The Morgan fingerprint density at radius 3 is 1.57 bits per heavy atom. The van der Waals surface area contributed by atoms with Gasteiger partial charge in [0.2, 0.25) is 5.69 Å². The van der Waals surface area contributed by atoms with Crippen molar-refractivity contribution in [3.63, 3.8) is 0 Å². The van der Waals surface area contributed by atoms with Gasteiger partial charge >= 0.3 is 0 Å². The van der Waals surface area contributed by atoms with Gasteiger partial charge in [-0.05, 0) is 96.9 Å². The average molecular weight is 641 g/mol. The molecular weight excluding hydrogens is 617 g/mol. The van der Waals surface area contributed by atoms with E-state index in [4.69, 9.17) is 6.57 Å². The van der Waals surface area contributed by atoms with Gasteiger partial charge in [-0.1, -0.05) is 84.9 Å². The molecule has 4 nitrogen and oxygen atoms in total. The maximum absolute atomic E-state index is 9.45. The number of hydrogen-bond acceptors (Lipinski definition) is 4. The van der Waals surface area contributed by atoms with Crippen LogP contribution in [-0.2, 0) is 0 Å². The second-order valence-corrected chi connectivity index (χ2v) is 13.2. The van der Waals surface area contributed by atoms with Crippen molar-refractivity contribution in [2.75, 3.05) is 0 Å². The van der Waals surface area contributed by atoms with E-state index in [2.05, 4.69) is 130 Å². The molecule has 49 heavy (non-hydrogen) atoms. The normalized spacial score (nSPS) is 11.2. The van der Waals surface area contributed by atoms with Crippen molar-refractivity contribution in [1.29, 1.82) is 5.26 Å². The zero-order valence-electron chi connectivity index (χ0n) is 26.1. The molecule has 0 saturated heterocycles. The van der Waals surface area contributed by atoms with E-state index in [1.54, 1.807) is 12.4 Å². The minimum Gasteiger partial charge on any atom is -0.276 e. The molecule has 0 aliphatic heterocycles. The number of pyridine rings is 2. The predicted molar refractivity (Wildman–Crippen MR) is 203 cm³/mol. The number of nitrogens with zero attached hydrogens (tertiary/aromatic N) is 4. The van der Waals surface area contributed by atoms with Crippen LogP contribution in [0, 0.1) is 17.9 Å². The largest absolute Gasteiger partial charge is 0.276 e. The van der Waals surface area contributed by atoms with Crippen LogP contribution in [0.3, 0.4) is 0 Å². The Bertz CT molecular complexity index is 2680. The first-order valence-electron chi connectivity index (χ1n) is 15.9. The highest BCUT2D eigenvalue weighted by molar-refractivity contribution is 7.26. The Hall–Kier alpha value is -6.66. The molecule has 0 atom stereocenters. The van der Waals surface area contributed by atoms with Crippen molar-refractivity contribution in [3.8, 4) is 50.6 Å². The summed E-state index contributed by atoms with van der Waals surface area (Å²) in [5.74, 6) is 0. The lowest BCUT2D eigenvalue weighted by atomic mass is 9.90. The molecule has 6 aromatic carbocycles. The van der Waals surface area contributed by atoms with E-state index in [1.165, 1.54) is 52.8 Å². The molecule has 0 radical (unpaired) electrons. The summed E-state index contributed by atoms with van der Waals surface area (Å²) in [6.45, 7) is 7.44. The van der Waals surface area contributed by atoms with Crippen LogP contribution in [0.4, 0.5) is 5.69 Å². The quantitative estimate of drug-likeness (QED) is 0.180. The summed E-state index contributed by atoms with van der Waals surface area (Å²) >= 11 is 1.83. The number of benzene rings is 6. The predicted octanol–water partition coefficient (Wildman–Crippen LogP) is 12.2. The molecule has 226 valence electrons. The Kier molecular flexibility index (Phi) is 6.73. The first-order valence-corrected chi connectivity index (χ1v) is 16.7. The van der Waals surface area contributed by atoms with E-state index in [1.807, 2.05) is 35.9 Å². The average Bonchev–Trinajstić information content (AvgIpc) is 3.56. The molecule has 3 aromatic heterocycles. The Labute approximate surface area is 286 Å². The SMILES string of the molecule is [C-]#[N+]c1cncc(-c2cccc(-c3cc4sc5cc(-c6cccc(-c7cncc(C#N)c7)c6)c6ccccc6c5c4c4ccccc34)c2)c1. The minimum absolute atomic E-state index is 0.531. The summed E-state index contributed by atoms with van der Waals surface area (Å²) in [7, 11) is 0. The third kappa shape index (κ3) is 4.81. The van der Waals surface area contributed by atoms with Crippen LogP contribution in [-0.4, -0.2) is 9.97 Å². The van der Waals surface area contributed by atoms with Crippen molar-refractivity contribution in [2.24, 2.45) is 0 Å². The van der Waals surface area contributed by atoms with E-state index in [-0.39, 0.29) is 0 Å². The number of thiophene rings is 1. The van der Waals surface area contributed by atoms with Gasteiger partial charge < -0.3 is 0 Å². The molecule has 0 aliphatic carbocycles. The van der Waals surface area contributed by atoms with Gasteiger partial charge in [0.1, 0.15) is 6.07 Å². The summed E-state index contributed by atoms with van der Waals surface area (Å²) < 4.78 is 2.47. The molecule has 0 spiro atoms. The summed E-state index contributed by atoms with van der Waals surface area (Å²) in [5.41, 5.74) is 9.58. The fourth-order valence-electron chi connectivity index (χ4n) is 7.01. The second kappa shape index (κ2) is 11.5. The number of rotatable bonds is 4. The van der Waals surface area contributed by atoms with Gasteiger partial charge in [-0.2, -0.15) is 5.26 Å². The highest BCUT2D eigenvalue weighted by atomic mass is 32.1. The van der Waals surface area contributed by atoms with Crippen LogP contribution in [0.15, 0.2) is 146 Å². The molecule has 5 heteroatoms. The van der Waals surface area contributed by atoms with E-state index in [0.29, 0.717) is 11.3 Å². The van der Waals surface area contributed by atoms with E-state index in [0.717, 1.165) is 33.4 Å². The minimum atomic E-state index is 0.531. The summed E-state index contributed by atoms with van der Waals surface area (Å²) in [6.07, 6.45) is 6.82. The van der Waals surface area contributed by atoms with Gasteiger partial charge in [-0.15, -0.1) is 11.3 Å². The second-order valence-electron chi connectivity index (χ2n) is 12.1. The van der Waals surface area contributed by atoms with Crippen LogP contribution in [0.2, 0.25) is 0 Å². The van der Waals surface area contributed by atoms with Gasteiger partial charge in [0, 0.05) is 50.5 Å². The number of nitriles is 1. The lowest BCUT2D eigenvalue weighted by molar-refractivity contribution is 1.30. The van der Waals surface area contributed by atoms with Gasteiger partial charge in [0.05, 0.1) is 12.1 Å². The fraction of sp³-hybridized carbons (Fsp3) is 0. The number of aromatic nitrogens is 2. The standard InChI is InChI=1S/C44H24N4S/c1-46-34-19-33(25-48-26-34)29-9-7-11-31(18-29)40-21-42-44(38-15-5-3-13-36(38)40)43-37-14-4-2-12-35(37)39(20-41(43)49-42)30-10-6-8-28(17-30)32-16-27(22-45)23-47-24-32/h2-21,23-26H.